The second-order valence-electron chi connectivity index (χ2n) is 5.56. The molecule has 3 aromatic heterocycles. The maximum Gasteiger partial charge on any atom is 0.250 e. The number of fused-ring (bicyclic) bond motifs is 1. The lowest BCUT2D eigenvalue weighted by Crippen LogP contribution is -2.35. The van der Waals surface area contributed by atoms with Crippen LogP contribution in [-0.4, -0.2) is 38.0 Å². The van der Waals surface area contributed by atoms with Crippen molar-refractivity contribution >= 4 is 16.9 Å². The molecule has 0 spiro atoms. The topological polar surface area (TPSA) is 90.6 Å². The van der Waals surface area contributed by atoms with E-state index < -0.39 is 0 Å². The summed E-state index contributed by atoms with van der Waals surface area (Å²) in [4.78, 5) is 32.4. The van der Waals surface area contributed by atoms with E-state index in [2.05, 4.69) is 29.8 Å². The molecule has 0 aromatic carbocycles. The van der Waals surface area contributed by atoms with E-state index in [0.717, 1.165) is 48.5 Å². The molecule has 1 saturated heterocycles. The summed E-state index contributed by atoms with van der Waals surface area (Å²) in [7, 11) is 0. The SMILES string of the molecule is O=c1cc([C@@H]2CCCN(c3ncnc4[nH]ccc34)C2)nc[nH]1. The zero-order valence-corrected chi connectivity index (χ0v) is 12.0. The van der Waals surface area contributed by atoms with E-state index in [1.54, 1.807) is 12.4 Å². The van der Waals surface area contributed by atoms with Crippen molar-refractivity contribution in [2.24, 2.45) is 0 Å². The van der Waals surface area contributed by atoms with Crippen LogP contribution in [0.5, 0.6) is 0 Å². The Labute approximate surface area is 126 Å². The molecule has 112 valence electrons. The first-order valence-electron chi connectivity index (χ1n) is 7.39. The summed E-state index contributed by atoms with van der Waals surface area (Å²) in [5.41, 5.74) is 1.60. The molecule has 2 N–H and O–H groups in total. The lowest BCUT2D eigenvalue weighted by atomic mass is 9.94. The minimum absolute atomic E-state index is 0.0998. The molecule has 7 heteroatoms. The summed E-state index contributed by atoms with van der Waals surface area (Å²) in [6, 6.07) is 3.60. The van der Waals surface area contributed by atoms with Gasteiger partial charge in [0.2, 0.25) is 0 Å². The molecule has 4 heterocycles. The lowest BCUT2D eigenvalue weighted by molar-refractivity contribution is 0.498. The highest BCUT2D eigenvalue weighted by Gasteiger charge is 2.24. The van der Waals surface area contributed by atoms with Gasteiger partial charge in [-0.25, -0.2) is 15.0 Å². The Morgan fingerprint density at radius 2 is 2.18 bits per heavy atom. The number of anilines is 1. The zero-order valence-electron chi connectivity index (χ0n) is 12.0. The second kappa shape index (κ2) is 5.25. The Kier molecular flexibility index (Phi) is 3.10. The number of hydrogen-bond acceptors (Lipinski definition) is 5. The van der Waals surface area contributed by atoms with Gasteiger partial charge in [0.1, 0.15) is 17.8 Å². The quantitative estimate of drug-likeness (QED) is 0.746. The highest BCUT2D eigenvalue weighted by Crippen LogP contribution is 2.30. The number of rotatable bonds is 2. The minimum atomic E-state index is -0.0998. The van der Waals surface area contributed by atoms with Gasteiger partial charge in [0.15, 0.2) is 0 Å². The molecule has 1 atom stereocenters. The molecular weight excluding hydrogens is 280 g/mol. The zero-order chi connectivity index (χ0) is 14.9. The summed E-state index contributed by atoms with van der Waals surface area (Å²) in [5, 5.41) is 1.03. The van der Waals surface area contributed by atoms with E-state index in [1.165, 1.54) is 6.33 Å². The van der Waals surface area contributed by atoms with Gasteiger partial charge in [0.25, 0.3) is 5.56 Å². The molecule has 4 rings (SSSR count). The van der Waals surface area contributed by atoms with Crippen molar-refractivity contribution in [2.75, 3.05) is 18.0 Å². The standard InChI is InChI=1S/C15H16N6O/c22-13-6-12(17-8-18-13)10-2-1-5-21(7-10)15-11-3-4-16-14(11)19-9-20-15/h3-4,6,8-10H,1-2,5,7H2,(H,16,19,20)(H,17,18,22)/t10-/m1/s1. The monoisotopic (exact) mass is 296 g/mol. The predicted octanol–water partition coefficient (Wildman–Crippen LogP) is 1.43. The van der Waals surface area contributed by atoms with Crippen molar-refractivity contribution < 1.29 is 0 Å². The fraction of sp³-hybridized carbons (Fsp3) is 0.333. The molecule has 1 aliphatic rings. The fourth-order valence-electron chi connectivity index (χ4n) is 3.13. The van der Waals surface area contributed by atoms with Crippen LogP contribution in [0.4, 0.5) is 5.82 Å². The molecule has 0 amide bonds. The normalized spacial score (nSPS) is 18.7. The molecule has 22 heavy (non-hydrogen) atoms. The number of H-pyrrole nitrogens is 2. The Bertz CT molecular complexity index is 854. The van der Waals surface area contributed by atoms with Gasteiger partial charge >= 0.3 is 0 Å². The van der Waals surface area contributed by atoms with Crippen LogP contribution in [0, 0.1) is 0 Å². The van der Waals surface area contributed by atoms with Crippen LogP contribution < -0.4 is 10.5 Å². The van der Waals surface area contributed by atoms with Gasteiger partial charge in [-0.15, -0.1) is 0 Å². The van der Waals surface area contributed by atoms with Crippen molar-refractivity contribution in [3.05, 3.63) is 47.0 Å². The maximum atomic E-state index is 11.5. The average Bonchev–Trinajstić information content (AvgIpc) is 3.03. The van der Waals surface area contributed by atoms with E-state index in [1.807, 2.05) is 12.3 Å². The molecule has 0 radical (unpaired) electrons. The molecular formula is C15H16N6O. The number of piperidine rings is 1. The minimum Gasteiger partial charge on any atom is -0.355 e. The largest absolute Gasteiger partial charge is 0.355 e. The third-order valence-electron chi connectivity index (χ3n) is 4.17. The van der Waals surface area contributed by atoms with Gasteiger partial charge in [-0.05, 0) is 18.9 Å². The second-order valence-corrected chi connectivity index (χ2v) is 5.56. The Hall–Kier alpha value is -2.70. The first-order chi connectivity index (χ1) is 10.8. The third kappa shape index (κ3) is 2.24. The number of nitrogens with one attached hydrogen (secondary N) is 2. The van der Waals surface area contributed by atoms with Crippen LogP contribution in [-0.2, 0) is 0 Å². The van der Waals surface area contributed by atoms with Crippen LogP contribution in [0.1, 0.15) is 24.5 Å². The molecule has 0 unspecified atom stereocenters. The van der Waals surface area contributed by atoms with Gasteiger partial charge in [0, 0.05) is 31.3 Å². The summed E-state index contributed by atoms with van der Waals surface area (Å²) >= 11 is 0. The van der Waals surface area contributed by atoms with Crippen molar-refractivity contribution in [1.82, 2.24) is 24.9 Å². The van der Waals surface area contributed by atoms with Gasteiger partial charge < -0.3 is 14.9 Å². The summed E-state index contributed by atoms with van der Waals surface area (Å²) < 4.78 is 0. The summed E-state index contributed by atoms with van der Waals surface area (Å²) in [5.74, 6) is 1.20. The van der Waals surface area contributed by atoms with Crippen LogP contribution in [0.2, 0.25) is 0 Å². The van der Waals surface area contributed by atoms with E-state index in [9.17, 15) is 4.79 Å². The molecule has 0 bridgehead atoms. The molecule has 1 fully saturated rings. The Morgan fingerprint density at radius 1 is 1.23 bits per heavy atom. The molecule has 7 nitrogen and oxygen atoms in total. The van der Waals surface area contributed by atoms with E-state index in [4.69, 9.17) is 0 Å². The van der Waals surface area contributed by atoms with E-state index in [-0.39, 0.29) is 11.5 Å². The van der Waals surface area contributed by atoms with Crippen LogP contribution in [0.25, 0.3) is 11.0 Å². The lowest BCUT2D eigenvalue weighted by Gasteiger charge is -2.33. The molecule has 1 aliphatic heterocycles. The number of hydrogen-bond donors (Lipinski definition) is 2. The van der Waals surface area contributed by atoms with Crippen LogP contribution in [0.3, 0.4) is 0 Å². The Morgan fingerprint density at radius 3 is 3.09 bits per heavy atom. The number of nitrogens with zero attached hydrogens (tertiary/aromatic N) is 4. The fourth-order valence-corrected chi connectivity index (χ4v) is 3.13. The smallest absolute Gasteiger partial charge is 0.250 e. The van der Waals surface area contributed by atoms with Crippen LogP contribution in [0.15, 0.2) is 35.8 Å². The first-order valence-corrected chi connectivity index (χ1v) is 7.39. The highest BCUT2D eigenvalue weighted by molar-refractivity contribution is 5.87. The summed E-state index contributed by atoms with van der Waals surface area (Å²) in [6.07, 6.45) is 7.03. The molecule has 3 aromatic rings. The van der Waals surface area contributed by atoms with Crippen LogP contribution >= 0.6 is 0 Å². The Balaban J connectivity index is 1.66. The van der Waals surface area contributed by atoms with Gasteiger partial charge in [-0.1, -0.05) is 0 Å². The predicted molar refractivity (Wildman–Crippen MR) is 82.9 cm³/mol. The third-order valence-corrected chi connectivity index (χ3v) is 4.17. The first kappa shape index (κ1) is 13.0. The van der Waals surface area contributed by atoms with Crippen molar-refractivity contribution in [3.8, 4) is 0 Å². The average molecular weight is 296 g/mol. The van der Waals surface area contributed by atoms with E-state index >= 15 is 0 Å². The maximum absolute atomic E-state index is 11.5. The van der Waals surface area contributed by atoms with Gasteiger partial charge in [0.05, 0.1) is 17.4 Å². The van der Waals surface area contributed by atoms with Crippen molar-refractivity contribution in [3.63, 3.8) is 0 Å². The van der Waals surface area contributed by atoms with E-state index in [0.29, 0.717) is 0 Å². The number of aromatic amines is 2. The van der Waals surface area contributed by atoms with Gasteiger partial charge in [-0.3, -0.25) is 4.79 Å². The van der Waals surface area contributed by atoms with Crippen molar-refractivity contribution in [2.45, 2.75) is 18.8 Å². The van der Waals surface area contributed by atoms with Crippen molar-refractivity contribution in [1.29, 1.82) is 0 Å². The molecule has 0 aliphatic carbocycles. The van der Waals surface area contributed by atoms with Gasteiger partial charge in [-0.2, -0.15) is 0 Å². The molecule has 0 saturated carbocycles. The summed E-state index contributed by atoms with van der Waals surface area (Å²) in [6.45, 7) is 1.77. The number of aromatic nitrogens is 5. The highest BCUT2D eigenvalue weighted by atomic mass is 16.1.